The molecule has 1 amide bonds. The van der Waals surface area contributed by atoms with Gasteiger partial charge >= 0.3 is 5.97 Å². The maximum absolute atomic E-state index is 16.3. The van der Waals surface area contributed by atoms with E-state index in [0.717, 1.165) is 18.9 Å². The zero-order valence-electron chi connectivity index (χ0n) is 26.8. The highest BCUT2D eigenvalue weighted by Gasteiger charge is 2.64. The molecule has 0 aliphatic carbocycles. The molecule has 11 heteroatoms. The number of fused-ring (bicyclic) bond motifs is 1. The van der Waals surface area contributed by atoms with E-state index in [0.29, 0.717) is 31.7 Å². The van der Waals surface area contributed by atoms with E-state index in [4.69, 9.17) is 27.9 Å². The van der Waals surface area contributed by atoms with Crippen LogP contribution in [0.2, 0.25) is 10.0 Å². The van der Waals surface area contributed by atoms with Crippen LogP contribution in [-0.2, 0) is 14.9 Å². The third-order valence-corrected chi connectivity index (χ3v) is 10.1. The van der Waals surface area contributed by atoms with E-state index in [1.165, 1.54) is 42.5 Å². The number of hydrogen-bond acceptors (Lipinski definition) is 5. The van der Waals surface area contributed by atoms with E-state index in [1.54, 1.807) is 17.0 Å². The molecule has 3 aromatic rings. The molecule has 0 radical (unpaired) electrons. The molecule has 3 atom stereocenters. The number of benzene rings is 3. The van der Waals surface area contributed by atoms with Crippen molar-refractivity contribution >= 4 is 46.3 Å². The van der Waals surface area contributed by atoms with E-state index in [1.807, 2.05) is 25.7 Å². The number of hydrogen-bond donors (Lipinski definition) is 1. The summed E-state index contributed by atoms with van der Waals surface area (Å²) in [6.07, 6.45) is 1.63. The second-order valence-electron chi connectivity index (χ2n) is 13.9. The topological polar surface area (TPSA) is 93.9 Å². The van der Waals surface area contributed by atoms with Crippen molar-refractivity contribution in [2.24, 2.45) is 11.3 Å². The van der Waals surface area contributed by atoms with Gasteiger partial charge < -0.3 is 14.7 Å². The first kappa shape index (κ1) is 33.9. The van der Waals surface area contributed by atoms with Gasteiger partial charge in [0.15, 0.2) is 0 Å². The standard InChI is InChI=1S/C37H35Cl2F2N3O4/c1-36(2,3)19-29-37(20-42,26-12-9-23(38)18-28(26)40)31(25-5-4-6-27(39)32(25)41)33-34(45)43(24-10-7-22(8-11-24)35(46)47)30(44(29)33)17-21-13-15-48-16-14-21/h4-12,18,21,29-30H,13-17,19H2,1-3H3,(H,46,47)/t29-,30+,37-/m0/s1. The van der Waals surface area contributed by atoms with Crippen LogP contribution >= 0.6 is 23.2 Å². The lowest BCUT2D eigenvalue weighted by atomic mass is 9.65. The molecule has 2 fully saturated rings. The van der Waals surface area contributed by atoms with Gasteiger partial charge in [-0.25, -0.2) is 13.6 Å². The molecule has 3 aliphatic rings. The first-order valence-electron chi connectivity index (χ1n) is 15.9. The third-order valence-electron chi connectivity index (χ3n) is 9.60. The number of carbonyl (C=O) groups is 2. The lowest BCUT2D eigenvalue weighted by molar-refractivity contribution is -0.114. The summed E-state index contributed by atoms with van der Waals surface area (Å²) in [6.45, 7) is 7.12. The Bertz CT molecular complexity index is 1850. The van der Waals surface area contributed by atoms with Gasteiger partial charge in [-0.15, -0.1) is 0 Å². The molecule has 1 N–H and O–H groups in total. The van der Waals surface area contributed by atoms with E-state index < -0.39 is 46.5 Å². The van der Waals surface area contributed by atoms with E-state index >= 15 is 13.6 Å². The van der Waals surface area contributed by atoms with Gasteiger partial charge in [-0.1, -0.05) is 62.2 Å². The van der Waals surface area contributed by atoms with Crippen LogP contribution in [0.4, 0.5) is 14.5 Å². The van der Waals surface area contributed by atoms with Crippen LogP contribution in [-0.4, -0.2) is 47.3 Å². The molecular formula is C37H35Cl2F2N3O4. The maximum Gasteiger partial charge on any atom is 0.335 e. The van der Waals surface area contributed by atoms with E-state index in [2.05, 4.69) is 6.07 Å². The monoisotopic (exact) mass is 693 g/mol. The normalized spacial score (nSPS) is 23.1. The molecule has 7 nitrogen and oxygen atoms in total. The van der Waals surface area contributed by atoms with Gasteiger partial charge in [0, 0.05) is 40.6 Å². The minimum absolute atomic E-state index is 0.0186. The number of nitriles is 1. The Balaban J connectivity index is 1.69. The number of carbonyl (C=O) groups excluding carboxylic acids is 1. The molecule has 48 heavy (non-hydrogen) atoms. The fourth-order valence-electron chi connectivity index (χ4n) is 7.53. The summed E-state index contributed by atoms with van der Waals surface area (Å²) < 4.78 is 38.1. The smallest absolute Gasteiger partial charge is 0.335 e. The van der Waals surface area contributed by atoms with Gasteiger partial charge in [-0.2, -0.15) is 5.26 Å². The number of nitrogens with zero attached hydrogens (tertiary/aromatic N) is 3. The summed E-state index contributed by atoms with van der Waals surface area (Å²) in [5, 5.41) is 20.8. The van der Waals surface area contributed by atoms with Crippen molar-refractivity contribution in [3.05, 3.63) is 105 Å². The zero-order valence-corrected chi connectivity index (χ0v) is 28.3. The third kappa shape index (κ3) is 5.74. The van der Waals surface area contributed by atoms with Crippen molar-refractivity contribution in [2.45, 2.75) is 64.1 Å². The van der Waals surface area contributed by atoms with Crippen molar-refractivity contribution in [1.82, 2.24) is 4.90 Å². The maximum atomic E-state index is 16.3. The van der Waals surface area contributed by atoms with Gasteiger partial charge in [0.05, 0.1) is 22.7 Å². The highest BCUT2D eigenvalue weighted by Crippen LogP contribution is 2.59. The summed E-state index contributed by atoms with van der Waals surface area (Å²) in [4.78, 5) is 30.2. The minimum Gasteiger partial charge on any atom is -0.478 e. The molecule has 2 saturated heterocycles. The largest absolute Gasteiger partial charge is 0.478 e. The number of carboxylic acid groups (broad SMARTS) is 1. The van der Waals surface area contributed by atoms with Crippen molar-refractivity contribution in [3.8, 4) is 6.07 Å². The molecule has 0 unspecified atom stereocenters. The summed E-state index contributed by atoms with van der Waals surface area (Å²) >= 11 is 12.5. The number of rotatable bonds is 7. The molecular weight excluding hydrogens is 659 g/mol. The van der Waals surface area contributed by atoms with Crippen LogP contribution in [0.1, 0.15) is 67.9 Å². The number of amides is 1. The van der Waals surface area contributed by atoms with Crippen LogP contribution in [0, 0.1) is 34.3 Å². The van der Waals surface area contributed by atoms with Crippen molar-refractivity contribution < 1.29 is 28.2 Å². The fourth-order valence-corrected chi connectivity index (χ4v) is 7.86. The average Bonchev–Trinajstić information content (AvgIpc) is 3.47. The highest BCUT2D eigenvalue weighted by atomic mass is 35.5. The predicted molar refractivity (Wildman–Crippen MR) is 180 cm³/mol. The van der Waals surface area contributed by atoms with E-state index in [9.17, 15) is 15.2 Å². The Morgan fingerprint density at radius 3 is 2.38 bits per heavy atom. The molecule has 0 aromatic heterocycles. The van der Waals surface area contributed by atoms with Crippen LogP contribution in [0.5, 0.6) is 0 Å². The molecule has 3 aliphatic heterocycles. The first-order valence-corrected chi connectivity index (χ1v) is 16.6. The number of carboxylic acids is 1. The Morgan fingerprint density at radius 2 is 1.77 bits per heavy atom. The Hall–Kier alpha value is -3.97. The lowest BCUT2D eigenvalue weighted by Gasteiger charge is -2.44. The lowest BCUT2D eigenvalue weighted by Crippen LogP contribution is -2.52. The van der Waals surface area contributed by atoms with Crippen LogP contribution in [0.25, 0.3) is 5.57 Å². The molecule has 6 rings (SSSR count). The summed E-state index contributed by atoms with van der Waals surface area (Å²) in [6, 6.07) is 16.1. The molecule has 3 heterocycles. The fraction of sp³-hybridized carbons (Fsp3) is 0.378. The zero-order chi connectivity index (χ0) is 34.5. The highest BCUT2D eigenvalue weighted by molar-refractivity contribution is 6.31. The van der Waals surface area contributed by atoms with Gasteiger partial charge in [0.1, 0.15) is 28.9 Å². The van der Waals surface area contributed by atoms with Gasteiger partial charge in [-0.3, -0.25) is 9.69 Å². The molecule has 250 valence electrons. The minimum atomic E-state index is -1.86. The quantitative estimate of drug-likeness (QED) is 0.267. The van der Waals surface area contributed by atoms with Gasteiger partial charge in [0.2, 0.25) is 0 Å². The molecule has 0 bridgehead atoms. The first-order chi connectivity index (χ1) is 22.8. The Morgan fingerprint density at radius 1 is 1.08 bits per heavy atom. The van der Waals surface area contributed by atoms with Crippen molar-refractivity contribution in [1.29, 1.82) is 5.26 Å². The van der Waals surface area contributed by atoms with Gasteiger partial charge in [-0.05, 0) is 79.5 Å². The van der Waals surface area contributed by atoms with E-state index in [-0.39, 0.29) is 43.9 Å². The average molecular weight is 695 g/mol. The number of aromatic carboxylic acids is 1. The van der Waals surface area contributed by atoms with Crippen molar-refractivity contribution in [3.63, 3.8) is 0 Å². The molecule has 0 saturated carbocycles. The molecule has 0 spiro atoms. The Labute approximate surface area is 288 Å². The number of anilines is 1. The second-order valence-corrected chi connectivity index (χ2v) is 14.7. The van der Waals surface area contributed by atoms with Crippen LogP contribution < -0.4 is 4.90 Å². The predicted octanol–water partition coefficient (Wildman–Crippen LogP) is 8.45. The Kier molecular flexibility index (Phi) is 9.05. The van der Waals surface area contributed by atoms with Crippen molar-refractivity contribution in [2.75, 3.05) is 18.1 Å². The summed E-state index contributed by atoms with van der Waals surface area (Å²) in [5.41, 5.74) is -1.76. The molecule has 3 aromatic carbocycles. The number of halogens is 4. The summed E-state index contributed by atoms with van der Waals surface area (Å²) in [5.74, 6) is -3.05. The number of ether oxygens (including phenoxy) is 1. The second kappa shape index (κ2) is 12.8. The summed E-state index contributed by atoms with van der Waals surface area (Å²) in [7, 11) is 0. The van der Waals surface area contributed by atoms with Crippen LogP contribution in [0.3, 0.4) is 0 Å². The van der Waals surface area contributed by atoms with Gasteiger partial charge in [0.25, 0.3) is 5.91 Å². The SMILES string of the molecule is CC(C)(C)C[C@@H]1N2C(=C(c3cccc(Cl)c3F)[C@@]1(C#N)c1ccc(Cl)cc1F)C(=O)N(c1ccc(C(=O)O)cc1)[C@H]2CC1CCOCC1. The van der Waals surface area contributed by atoms with Crippen LogP contribution in [0.15, 0.2) is 66.4 Å².